The number of halogens is 3. The van der Waals surface area contributed by atoms with Gasteiger partial charge < -0.3 is 9.64 Å². The molecular formula is C15H11F3N2O. The molecule has 6 heteroatoms. The molecule has 0 amide bonds. The van der Waals surface area contributed by atoms with E-state index < -0.39 is 6.36 Å². The van der Waals surface area contributed by atoms with Crippen LogP contribution in [0.4, 0.5) is 30.2 Å². The van der Waals surface area contributed by atoms with E-state index in [0.717, 1.165) is 17.1 Å². The van der Waals surface area contributed by atoms with Crippen LogP contribution in [0.25, 0.3) is 0 Å². The van der Waals surface area contributed by atoms with Crippen molar-refractivity contribution in [3.8, 4) is 5.75 Å². The highest BCUT2D eigenvalue weighted by molar-refractivity contribution is 5.86. The third-order valence-corrected chi connectivity index (χ3v) is 3.05. The van der Waals surface area contributed by atoms with Crippen LogP contribution < -0.4 is 9.64 Å². The molecule has 0 radical (unpaired) electrons. The third kappa shape index (κ3) is 2.99. The van der Waals surface area contributed by atoms with Gasteiger partial charge in [-0.15, -0.1) is 13.2 Å². The molecule has 2 aromatic carbocycles. The van der Waals surface area contributed by atoms with Gasteiger partial charge in [-0.3, -0.25) is 4.99 Å². The normalized spacial score (nSPS) is 14.0. The molecule has 108 valence electrons. The first-order chi connectivity index (χ1) is 10.0. The van der Waals surface area contributed by atoms with Crippen LogP contribution in [-0.4, -0.2) is 19.1 Å². The van der Waals surface area contributed by atoms with Crippen molar-refractivity contribution >= 4 is 23.3 Å². The summed E-state index contributed by atoms with van der Waals surface area (Å²) in [5, 5.41) is 0. The predicted octanol–water partition coefficient (Wildman–Crippen LogP) is 4.44. The van der Waals surface area contributed by atoms with E-state index in [9.17, 15) is 13.2 Å². The fourth-order valence-corrected chi connectivity index (χ4v) is 2.19. The van der Waals surface area contributed by atoms with Crippen LogP contribution in [0.2, 0.25) is 0 Å². The molecule has 1 heterocycles. The van der Waals surface area contributed by atoms with Crippen molar-refractivity contribution in [3.05, 3.63) is 48.5 Å². The zero-order valence-electron chi connectivity index (χ0n) is 10.8. The predicted molar refractivity (Wildman–Crippen MR) is 74.7 cm³/mol. The SMILES string of the molecule is FC(F)(F)Oc1ccc(N2CC=Nc3ccccc32)cc1. The summed E-state index contributed by atoms with van der Waals surface area (Å²) < 4.78 is 40.3. The Morgan fingerprint density at radius 2 is 1.71 bits per heavy atom. The molecule has 0 atom stereocenters. The van der Waals surface area contributed by atoms with Crippen LogP contribution in [0.5, 0.6) is 5.75 Å². The average molecular weight is 292 g/mol. The molecule has 3 rings (SSSR count). The van der Waals surface area contributed by atoms with Gasteiger partial charge in [-0.2, -0.15) is 0 Å². The summed E-state index contributed by atoms with van der Waals surface area (Å²) in [5.41, 5.74) is 2.53. The maximum Gasteiger partial charge on any atom is 0.573 e. The van der Waals surface area contributed by atoms with Gasteiger partial charge in [0.25, 0.3) is 0 Å². The van der Waals surface area contributed by atoms with Crippen LogP contribution >= 0.6 is 0 Å². The third-order valence-electron chi connectivity index (χ3n) is 3.05. The summed E-state index contributed by atoms with van der Waals surface area (Å²) in [5.74, 6) is -0.231. The molecule has 2 aromatic rings. The van der Waals surface area contributed by atoms with Gasteiger partial charge in [0, 0.05) is 11.9 Å². The minimum atomic E-state index is -4.67. The molecule has 1 aliphatic heterocycles. The largest absolute Gasteiger partial charge is 0.573 e. The standard InChI is InChI=1S/C15H11F3N2O/c16-15(17,18)21-12-7-5-11(6-8-12)20-10-9-19-13-3-1-2-4-14(13)20/h1-9H,10H2. The van der Waals surface area contributed by atoms with Crippen molar-refractivity contribution in [2.24, 2.45) is 4.99 Å². The van der Waals surface area contributed by atoms with Gasteiger partial charge in [-0.1, -0.05) is 12.1 Å². The second-order valence-electron chi connectivity index (χ2n) is 4.45. The second-order valence-corrected chi connectivity index (χ2v) is 4.45. The summed E-state index contributed by atoms with van der Waals surface area (Å²) in [6.07, 6.45) is -2.91. The lowest BCUT2D eigenvalue weighted by Gasteiger charge is -2.27. The minimum Gasteiger partial charge on any atom is -0.406 e. The van der Waals surface area contributed by atoms with Crippen molar-refractivity contribution in [1.82, 2.24) is 0 Å². The fraction of sp³-hybridized carbons (Fsp3) is 0.133. The van der Waals surface area contributed by atoms with Gasteiger partial charge in [0.05, 0.1) is 17.9 Å². The van der Waals surface area contributed by atoms with E-state index in [4.69, 9.17) is 0 Å². The van der Waals surface area contributed by atoms with Crippen molar-refractivity contribution in [1.29, 1.82) is 0 Å². The number of ether oxygens (including phenoxy) is 1. The first kappa shape index (κ1) is 13.5. The van der Waals surface area contributed by atoms with E-state index >= 15 is 0 Å². The molecule has 0 saturated carbocycles. The van der Waals surface area contributed by atoms with Gasteiger partial charge in [0.15, 0.2) is 0 Å². The molecular weight excluding hydrogens is 281 g/mol. The van der Waals surface area contributed by atoms with E-state index in [1.54, 1.807) is 18.3 Å². The Kier molecular flexibility index (Phi) is 3.29. The monoisotopic (exact) mass is 292 g/mol. The number of rotatable bonds is 2. The van der Waals surface area contributed by atoms with Crippen LogP contribution in [0.1, 0.15) is 0 Å². The number of fused-ring (bicyclic) bond motifs is 1. The van der Waals surface area contributed by atoms with Crippen LogP contribution in [0, 0.1) is 0 Å². The Labute approximate surface area is 119 Å². The molecule has 1 aliphatic rings. The van der Waals surface area contributed by atoms with Gasteiger partial charge >= 0.3 is 6.36 Å². The van der Waals surface area contributed by atoms with Gasteiger partial charge in [-0.25, -0.2) is 0 Å². The number of anilines is 2. The molecule has 0 unspecified atom stereocenters. The summed E-state index contributed by atoms with van der Waals surface area (Å²) in [6.45, 7) is 0.566. The van der Waals surface area contributed by atoms with Crippen molar-refractivity contribution < 1.29 is 17.9 Å². The molecule has 3 nitrogen and oxygen atoms in total. The number of nitrogens with zero attached hydrogens (tertiary/aromatic N) is 2. The van der Waals surface area contributed by atoms with E-state index in [1.165, 1.54) is 12.1 Å². The van der Waals surface area contributed by atoms with Gasteiger partial charge in [-0.05, 0) is 36.4 Å². The summed E-state index contributed by atoms with van der Waals surface area (Å²) in [7, 11) is 0. The fourth-order valence-electron chi connectivity index (χ4n) is 2.19. The lowest BCUT2D eigenvalue weighted by molar-refractivity contribution is -0.274. The molecule has 0 bridgehead atoms. The molecule has 0 N–H and O–H groups in total. The smallest absolute Gasteiger partial charge is 0.406 e. The van der Waals surface area contributed by atoms with Crippen LogP contribution in [-0.2, 0) is 0 Å². The average Bonchev–Trinajstić information content (AvgIpc) is 2.46. The zero-order chi connectivity index (χ0) is 14.9. The molecule has 0 aromatic heterocycles. The molecule has 21 heavy (non-hydrogen) atoms. The van der Waals surface area contributed by atoms with Crippen LogP contribution in [0.3, 0.4) is 0 Å². The summed E-state index contributed by atoms with van der Waals surface area (Å²) in [4.78, 5) is 6.27. The Morgan fingerprint density at radius 3 is 2.43 bits per heavy atom. The summed E-state index contributed by atoms with van der Waals surface area (Å²) >= 11 is 0. The van der Waals surface area contributed by atoms with E-state index in [2.05, 4.69) is 9.73 Å². The number of para-hydroxylation sites is 2. The van der Waals surface area contributed by atoms with E-state index in [-0.39, 0.29) is 5.75 Å². The maximum absolute atomic E-state index is 12.1. The highest BCUT2D eigenvalue weighted by atomic mass is 19.4. The first-order valence-electron chi connectivity index (χ1n) is 6.28. The number of hydrogen-bond donors (Lipinski definition) is 0. The van der Waals surface area contributed by atoms with Crippen molar-refractivity contribution in [3.63, 3.8) is 0 Å². The highest BCUT2D eigenvalue weighted by Gasteiger charge is 2.31. The lowest BCUT2D eigenvalue weighted by atomic mass is 10.2. The van der Waals surface area contributed by atoms with E-state index in [0.29, 0.717) is 6.54 Å². The van der Waals surface area contributed by atoms with Crippen molar-refractivity contribution in [2.45, 2.75) is 6.36 Å². The maximum atomic E-state index is 12.1. The number of alkyl halides is 3. The Morgan fingerprint density at radius 1 is 1.00 bits per heavy atom. The Bertz CT molecular complexity index is 665. The number of aliphatic imine (C=N–C) groups is 1. The second kappa shape index (κ2) is 5.12. The Balaban J connectivity index is 1.87. The Hall–Kier alpha value is -2.50. The molecule has 0 spiro atoms. The molecule has 0 aliphatic carbocycles. The quantitative estimate of drug-likeness (QED) is 0.817. The van der Waals surface area contributed by atoms with Gasteiger partial charge in [0.2, 0.25) is 0 Å². The molecule has 0 saturated heterocycles. The molecule has 0 fully saturated rings. The van der Waals surface area contributed by atoms with E-state index in [1.807, 2.05) is 29.2 Å². The van der Waals surface area contributed by atoms with Crippen molar-refractivity contribution in [2.75, 3.05) is 11.4 Å². The van der Waals surface area contributed by atoms with Crippen LogP contribution in [0.15, 0.2) is 53.5 Å². The summed E-state index contributed by atoms with van der Waals surface area (Å²) in [6, 6.07) is 13.4. The highest BCUT2D eigenvalue weighted by Crippen LogP contribution is 2.36. The zero-order valence-corrected chi connectivity index (χ0v) is 10.8. The minimum absolute atomic E-state index is 0.231. The lowest BCUT2D eigenvalue weighted by Crippen LogP contribution is -2.22. The number of benzene rings is 2. The number of hydrogen-bond acceptors (Lipinski definition) is 3. The van der Waals surface area contributed by atoms with Gasteiger partial charge in [0.1, 0.15) is 5.75 Å². The topological polar surface area (TPSA) is 24.8 Å². The first-order valence-corrected chi connectivity index (χ1v) is 6.28.